The molecule has 7 nitrogen and oxygen atoms in total. The van der Waals surface area contributed by atoms with Gasteiger partial charge in [0.2, 0.25) is 11.6 Å². The Morgan fingerprint density at radius 1 is 1.09 bits per heavy atom. The van der Waals surface area contributed by atoms with E-state index < -0.39 is 5.63 Å². The van der Waals surface area contributed by atoms with E-state index in [1.54, 1.807) is 11.8 Å². The Hall–Kier alpha value is -3.91. The predicted octanol–water partition coefficient (Wildman–Crippen LogP) is 4.56. The minimum absolute atomic E-state index is 0.0870. The summed E-state index contributed by atoms with van der Waals surface area (Å²) in [6.45, 7) is 1.50. The van der Waals surface area contributed by atoms with Crippen LogP contribution >= 0.6 is 11.8 Å². The van der Waals surface area contributed by atoms with Gasteiger partial charge in [0, 0.05) is 47.0 Å². The molecule has 2 heterocycles. The molecular formula is C25H21N4O3S+. The summed E-state index contributed by atoms with van der Waals surface area (Å²) >= 11 is 1.79. The van der Waals surface area contributed by atoms with Gasteiger partial charge >= 0.3 is 5.63 Å². The molecule has 4 aromatic rings. The fourth-order valence-corrected chi connectivity index (χ4v) is 4.99. The van der Waals surface area contributed by atoms with Crippen LogP contribution in [0.15, 0.2) is 98.2 Å². The smallest absolute Gasteiger partial charge is 0.326 e. The van der Waals surface area contributed by atoms with Gasteiger partial charge in [-0.2, -0.15) is 0 Å². The lowest BCUT2D eigenvalue weighted by Crippen LogP contribution is -2.32. The van der Waals surface area contributed by atoms with Gasteiger partial charge in [0.1, 0.15) is 0 Å². The number of rotatable bonds is 4. The molecule has 1 aromatic heterocycles. The molecule has 0 bridgehead atoms. The number of nitrogens with one attached hydrogen (secondary N) is 2. The maximum Gasteiger partial charge on any atom is 0.427 e. The largest absolute Gasteiger partial charge is 0.427 e. The number of aromatic nitrogens is 2. The van der Waals surface area contributed by atoms with Crippen LogP contribution in [-0.4, -0.2) is 16.9 Å². The number of para-hydroxylation sites is 1. The second-order valence-corrected chi connectivity index (χ2v) is 8.94. The first kappa shape index (κ1) is 21.0. The molecule has 1 aliphatic rings. The highest BCUT2D eigenvalue weighted by atomic mass is 32.2. The van der Waals surface area contributed by atoms with E-state index in [0.29, 0.717) is 0 Å². The average Bonchev–Trinajstić information content (AvgIpc) is 3.15. The molecular weight excluding hydrogens is 436 g/mol. The summed E-state index contributed by atoms with van der Waals surface area (Å²) in [5.41, 5.74) is 5.26. The molecule has 0 fully saturated rings. The van der Waals surface area contributed by atoms with Gasteiger partial charge in [0.25, 0.3) is 6.20 Å². The van der Waals surface area contributed by atoms with Crippen molar-refractivity contribution < 1.29 is 14.0 Å². The van der Waals surface area contributed by atoms with Crippen LogP contribution in [0.5, 0.6) is 0 Å². The average molecular weight is 458 g/mol. The number of H-pyrrole nitrogens is 1. The number of hydrogen-bond acceptors (Lipinski definition) is 5. The highest BCUT2D eigenvalue weighted by Gasteiger charge is 2.23. The lowest BCUT2D eigenvalue weighted by atomic mass is 10.0. The SMILES string of the molecule is CC(=O)Nc1ccc(C2CC(c3ccc(-[n+]4cc(=O)o[nH]4)cc3)=Nc3ccccc3S2)cc1. The molecule has 0 saturated heterocycles. The van der Waals surface area contributed by atoms with Crippen molar-refractivity contribution in [3.8, 4) is 5.69 Å². The van der Waals surface area contributed by atoms with E-state index >= 15 is 0 Å². The molecule has 5 rings (SSSR count). The second-order valence-electron chi connectivity index (χ2n) is 7.70. The number of carbonyl (C=O) groups is 1. The van der Waals surface area contributed by atoms with Crippen molar-refractivity contribution in [1.82, 2.24) is 5.27 Å². The maximum atomic E-state index is 11.3. The number of thioether (sulfide) groups is 1. The molecule has 164 valence electrons. The topological polar surface area (TPSA) is 91.3 Å². The fraction of sp³-hybridized carbons (Fsp3) is 0.120. The van der Waals surface area contributed by atoms with E-state index in [-0.39, 0.29) is 11.2 Å². The van der Waals surface area contributed by atoms with Gasteiger partial charge in [0.15, 0.2) is 0 Å². The predicted molar refractivity (Wildman–Crippen MR) is 127 cm³/mol. The van der Waals surface area contributed by atoms with E-state index in [0.717, 1.165) is 39.7 Å². The Morgan fingerprint density at radius 3 is 2.55 bits per heavy atom. The zero-order valence-electron chi connectivity index (χ0n) is 17.8. The fourth-order valence-electron chi connectivity index (χ4n) is 3.76. The Labute approximate surface area is 194 Å². The van der Waals surface area contributed by atoms with Crippen molar-refractivity contribution in [1.29, 1.82) is 0 Å². The quantitative estimate of drug-likeness (QED) is 0.440. The van der Waals surface area contributed by atoms with Crippen molar-refractivity contribution >= 4 is 34.8 Å². The highest BCUT2D eigenvalue weighted by Crippen LogP contribution is 2.45. The zero-order valence-corrected chi connectivity index (χ0v) is 18.6. The molecule has 33 heavy (non-hydrogen) atoms. The lowest BCUT2D eigenvalue weighted by molar-refractivity contribution is -0.670. The number of anilines is 1. The van der Waals surface area contributed by atoms with Crippen LogP contribution in [0.3, 0.4) is 0 Å². The number of hydrogen-bond donors (Lipinski definition) is 2. The van der Waals surface area contributed by atoms with Crippen LogP contribution in [0, 0.1) is 0 Å². The number of amides is 1. The van der Waals surface area contributed by atoms with Crippen molar-refractivity contribution in [3.05, 3.63) is 101 Å². The third-order valence-electron chi connectivity index (χ3n) is 5.33. The minimum Gasteiger partial charge on any atom is -0.326 e. The molecule has 0 aliphatic carbocycles. The van der Waals surface area contributed by atoms with Crippen LogP contribution in [0.25, 0.3) is 5.69 Å². The van der Waals surface area contributed by atoms with E-state index in [2.05, 4.69) is 28.8 Å². The number of carbonyl (C=O) groups excluding carboxylic acids is 1. The zero-order chi connectivity index (χ0) is 22.8. The number of nitrogens with zero attached hydrogens (tertiary/aromatic N) is 2. The van der Waals surface area contributed by atoms with Crippen molar-refractivity contribution in [2.45, 2.75) is 23.5 Å². The number of aliphatic imine (C=N–C) groups is 1. The summed E-state index contributed by atoms with van der Waals surface area (Å²) in [6.07, 6.45) is 2.10. The summed E-state index contributed by atoms with van der Waals surface area (Å²) < 4.78 is 6.28. The molecule has 3 aromatic carbocycles. The van der Waals surface area contributed by atoms with Gasteiger partial charge in [-0.1, -0.05) is 24.3 Å². The third kappa shape index (κ3) is 4.65. The molecule has 0 saturated carbocycles. The lowest BCUT2D eigenvalue weighted by Gasteiger charge is -2.17. The van der Waals surface area contributed by atoms with Crippen LogP contribution in [-0.2, 0) is 4.79 Å². The molecule has 0 radical (unpaired) electrons. The Balaban J connectivity index is 1.48. The molecule has 8 heteroatoms. The summed E-state index contributed by atoms with van der Waals surface area (Å²) in [4.78, 5) is 28.8. The third-order valence-corrected chi connectivity index (χ3v) is 6.65. The van der Waals surface area contributed by atoms with Gasteiger partial charge in [-0.15, -0.1) is 11.8 Å². The van der Waals surface area contributed by atoms with E-state index in [9.17, 15) is 9.59 Å². The van der Waals surface area contributed by atoms with Gasteiger partial charge in [-0.05, 0) is 57.5 Å². The Bertz CT molecular complexity index is 1390. The van der Waals surface area contributed by atoms with Crippen LogP contribution in [0.4, 0.5) is 11.4 Å². The van der Waals surface area contributed by atoms with Crippen LogP contribution in [0.1, 0.15) is 29.7 Å². The van der Waals surface area contributed by atoms with Crippen LogP contribution < -0.4 is 15.6 Å². The molecule has 0 spiro atoms. The van der Waals surface area contributed by atoms with Gasteiger partial charge in [-0.3, -0.25) is 14.3 Å². The first-order valence-corrected chi connectivity index (χ1v) is 11.3. The number of fused-ring (bicyclic) bond motifs is 1. The number of benzene rings is 3. The molecule has 2 N–H and O–H groups in total. The standard InChI is InChI=1S/C25H20N4O3S/c1-16(30)26-19-10-6-18(7-11-19)24-14-22(27-21-4-2-3-5-23(21)33-24)17-8-12-20(13-9-17)29-15-25(31)32-28-29/h2-13,15,24H,14H2,1H3,(H-,26,28,30,31)/p+1. The van der Waals surface area contributed by atoms with Crippen molar-refractivity contribution in [2.24, 2.45) is 4.99 Å². The summed E-state index contributed by atoms with van der Waals surface area (Å²) in [5.74, 6) is -0.0870. The van der Waals surface area contributed by atoms with E-state index in [1.807, 2.05) is 54.6 Å². The molecule has 1 atom stereocenters. The van der Waals surface area contributed by atoms with E-state index in [1.165, 1.54) is 23.4 Å². The summed E-state index contributed by atoms with van der Waals surface area (Å²) in [7, 11) is 0. The first-order chi connectivity index (χ1) is 16.0. The number of aromatic amines is 1. The Morgan fingerprint density at radius 2 is 1.85 bits per heavy atom. The summed E-state index contributed by atoms with van der Waals surface area (Å²) in [6, 6.07) is 24.0. The normalized spacial score (nSPS) is 15.3. The second kappa shape index (κ2) is 8.91. The molecule has 1 aliphatic heterocycles. The monoisotopic (exact) mass is 457 g/mol. The summed E-state index contributed by atoms with van der Waals surface area (Å²) in [5, 5.41) is 5.54. The van der Waals surface area contributed by atoms with Crippen molar-refractivity contribution in [2.75, 3.05) is 5.32 Å². The van der Waals surface area contributed by atoms with E-state index in [4.69, 9.17) is 9.52 Å². The highest BCUT2D eigenvalue weighted by molar-refractivity contribution is 7.99. The minimum atomic E-state index is -0.437. The van der Waals surface area contributed by atoms with Gasteiger partial charge < -0.3 is 5.32 Å². The first-order valence-electron chi connectivity index (χ1n) is 10.5. The maximum absolute atomic E-state index is 11.3. The van der Waals surface area contributed by atoms with Crippen molar-refractivity contribution in [3.63, 3.8) is 0 Å². The van der Waals surface area contributed by atoms with Gasteiger partial charge in [-0.25, -0.2) is 4.79 Å². The molecule has 1 unspecified atom stereocenters. The molecule has 1 amide bonds. The van der Waals surface area contributed by atoms with Gasteiger partial charge in [0.05, 0.1) is 5.69 Å². The van der Waals surface area contributed by atoms with Crippen LogP contribution in [0.2, 0.25) is 0 Å². The Kier molecular flexibility index (Phi) is 5.66.